The maximum absolute atomic E-state index is 3.81. The Balaban J connectivity index is 1.91. The summed E-state index contributed by atoms with van der Waals surface area (Å²) in [5.74, 6) is 0. The Morgan fingerprint density at radius 2 is 1.12 bits per heavy atom. The minimum absolute atomic E-state index is 0.640. The van der Waals surface area contributed by atoms with Crippen molar-refractivity contribution in [2.45, 2.75) is 77.3 Å². The molecule has 2 aliphatic rings. The summed E-state index contributed by atoms with van der Waals surface area (Å²) >= 11 is 0. The normalized spacial score (nSPS) is 19.8. The van der Waals surface area contributed by atoms with E-state index in [0.717, 1.165) is 0 Å². The van der Waals surface area contributed by atoms with E-state index in [-0.39, 0.29) is 0 Å². The molecule has 2 N–H and O–H groups in total. The van der Waals surface area contributed by atoms with Crippen LogP contribution < -0.4 is 10.6 Å². The highest BCUT2D eigenvalue weighted by atomic mass is 15.0. The second kappa shape index (κ2) is 8.41. The highest BCUT2D eigenvalue weighted by Gasteiger charge is 2.19. The average Bonchev–Trinajstić information content (AvgIpc) is 3.25. The molecule has 3 rings (SSSR count). The summed E-state index contributed by atoms with van der Waals surface area (Å²) in [5, 5.41) is 7.63. The van der Waals surface area contributed by atoms with Crippen molar-refractivity contribution >= 4 is 23.5 Å². The molecule has 2 saturated carbocycles. The number of hydrogen-bond acceptors (Lipinski definition) is 2. The SMILES string of the molecule is CC=Cc1cc(C=CC)c(NC2CCCC2)cc1NC1CCCC1. The van der Waals surface area contributed by atoms with E-state index in [0.29, 0.717) is 12.1 Å². The van der Waals surface area contributed by atoms with E-state index < -0.39 is 0 Å². The van der Waals surface area contributed by atoms with Crippen molar-refractivity contribution in [3.63, 3.8) is 0 Å². The van der Waals surface area contributed by atoms with Crippen LogP contribution in [0.4, 0.5) is 11.4 Å². The Morgan fingerprint density at radius 3 is 1.50 bits per heavy atom. The lowest BCUT2D eigenvalue weighted by atomic mass is 10.0. The van der Waals surface area contributed by atoms with Crippen molar-refractivity contribution < 1.29 is 0 Å². The van der Waals surface area contributed by atoms with E-state index in [1.165, 1.54) is 73.9 Å². The third-order valence-electron chi connectivity index (χ3n) is 5.34. The number of allylic oxidation sites excluding steroid dienone is 2. The smallest absolute Gasteiger partial charge is 0.0436 e. The van der Waals surface area contributed by atoms with Gasteiger partial charge in [0.25, 0.3) is 0 Å². The van der Waals surface area contributed by atoms with Crippen molar-refractivity contribution in [2.75, 3.05) is 10.6 Å². The van der Waals surface area contributed by atoms with Crippen LogP contribution in [0.5, 0.6) is 0 Å². The molecule has 0 heterocycles. The highest BCUT2D eigenvalue weighted by molar-refractivity contribution is 5.79. The fourth-order valence-electron chi connectivity index (χ4n) is 4.10. The molecular formula is C22H32N2. The molecule has 0 aromatic heterocycles. The number of anilines is 2. The summed E-state index contributed by atoms with van der Waals surface area (Å²) in [6.45, 7) is 4.19. The standard InChI is InChI=1S/C22H32N2/c1-3-9-17-15-18(10-4-2)22(24-20-13-7-8-14-20)16-21(17)23-19-11-5-6-12-19/h3-4,9-10,15-16,19-20,23-24H,5-8,11-14H2,1-2H3. The second-order valence-corrected chi connectivity index (χ2v) is 7.28. The van der Waals surface area contributed by atoms with Crippen LogP contribution in [0.15, 0.2) is 24.3 Å². The van der Waals surface area contributed by atoms with Crippen molar-refractivity contribution in [3.8, 4) is 0 Å². The van der Waals surface area contributed by atoms with Gasteiger partial charge in [0.15, 0.2) is 0 Å². The Bertz CT molecular complexity index is 539. The third-order valence-corrected chi connectivity index (χ3v) is 5.34. The topological polar surface area (TPSA) is 24.1 Å². The molecule has 0 saturated heterocycles. The monoisotopic (exact) mass is 324 g/mol. The molecular weight excluding hydrogens is 292 g/mol. The number of hydrogen-bond donors (Lipinski definition) is 2. The molecule has 1 aromatic carbocycles. The van der Waals surface area contributed by atoms with Crippen LogP contribution in [0, 0.1) is 0 Å². The van der Waals surface area contributed by atoms with Crippen molar-refractivity contribution in [1.29, 1.82) is 0 Å². The van der Waals surface area contributed by atoms with E-state index in [9.17, 15) is 0 Å². The van der Waals surface area contributed by atoms with E-state index in [4.69, 9.17) is 0 Å². The van der Waals surface area contributed by atoms with Gasteiger partial charge in [-0.2, -0.15) is 0 Å². The first-order valence-electron chi connectivity index (χ1n) is 9.76. The summed E-state index contributed by atoms with van der Waals surface area (Å²) in [7, 11) is 0. The zero-order valence-corrected chi connectivity index (χ0v) is 15.3. The van der Waals surface area contributed by atoms with Crippen LogP contribution >= 0.6 is 0 Å². The molecule has 0 amide bonds. The van der Waals surface area contributed by atoms with Crippen LogP contribution in [0.2, 0.25) is 0 Å². The number of rotatable bonds is 6. The molecule has 0 spiro atoms. The van der Waals surface area contributed by atoms with Crippen LogP contribution in [-0.4, -0.2) is 12.1 Å². The zero-order chi connectivity index (χ0) is 16.8. The molecule has 0 atom stereocenters. The first-order chi connectivity index (χ1) is 11.8. The van der Waals surface area contributed by atoms with E-state index >= 15 is 0 Å². The molecule has 1 aromatic rings. The third kappa shape index (κ3) is 4.23. The van der Waals surface area contributed by atoms with E-state index in [1.807, 2.05) is 0 Å². The first-order valence-corrected chi connectivity index (χ1v) is 9.76. The summed E-state index contributed by atoms with van der Waals surface area (Å²) in [6, 6.07) is 5.96. The van der Waals surface area contributed by atoms with Gasteiger partial charge in [0.1, 0.15) is 0 Å². The predicted octanol–water partition coefficient (Wildman–Crippen LogP) is 6.46. The van der Waals surface area contributed by atoms with Gasteiger partial charge in [-0.3, -0.25) is 0 Å². The molecule has 2 nitrogen and oxygen atoms in total. The van der Waals surface area contributed by atoms with Gasteiger partial charge in [-0.05, 0) is 62.8 Å². The predicted molar refractivity (Wildman–Crippen MR) is 108 cm³/mol. The Morgan fingerprint density at radius 1 is 0.708 bits per heavy atom. The lowest BCUT2D eigenvalue weighted by Crippen LogP contribution is -2.18. The average molecular weight is 325 g/mol. The second-order valence-electron chi connectivity index (χ2n) is 7.28. The zero-order valence-electron chi connectivity index (χ0n) is 15.3. The first kappa shape index (κ1) is 17.1. The quantitative estimate of drug-likeness (QED) is 0.627. The van der Waals surface area contributed by atoms with Gasteiger partial charge in [0.05, 0.1) is 0 Å². The molecule has 130 valence electrons. The van der Waals surface area contributed by atoms with Gasteiger partial charge in [-0.25, -0.2) is 0 Å². The molecule has 0 unspecified atom stereocenters. The summed E-state index contributed by atoms with van der Waals surface area (Å²) in [6.07, 6.45) is 19.4. The van der Waals surface area contributed by atoms with Crippen LogP contribution in [0.3, 0.4) is 0 Å². The van der Waals surface area contributed by atoms with Gasteiger partial charge < -0.3 is 10.6 Å². The molecule has 0 bridgehead atoms. The molecule has 24 heavy (non-hydrogen) atoms. The largest absolute Gasteiger partial charge is 0.382 e. The van der Waals surface area contributed by atoms with Crippen molar-refractivity contribution in [2.24, 2.45) is 0 Å². The Labute approximate surface area is 147 Å². The fraction of sp³-hybridized carbons (Fsp3) is 0.545. The minimum Gasteiger partial charge on any atom is -0.382 e. The maximum Gasteiger partial charge on any atom is 0.0436 e. The summed E-state index contributed by atoms with van der Waals surface area (Å²) < 4.78 is 0. The van der Waals surface area contributed by atoms with Gasteiger partial charge >= 0.3 is 0 Å². The summed E-state index contributed by atoms with van der Waals surface area (Å²) in [4.78, 5) is 0. The van der Waals surface area contributed by atoms with Crippen LogP contribution in [-0.2, 0) is 0 Å². The lowest BCUT2D eigenvalue weighted by molar-refractivity contribution is 0.751. The van der Waals surface area contributed by atoms with Gasteiger partial charge in [0, 0.05) is 23.5 Å². The Kier molecular flexibility index (Phi) is 6.01. The van der Waals surface area contributed by atoms with E-state index in [1.54, 1.807) is 0 Å². The number of benzene rings is 1. The van der Waals surface area contributed by atoms with Gasteiger partial charge in [-0.1, -0.05) is 50.0 Å². The fourth-order valence-corrected chi connectivity index (χ4v) is 4.10. The summed E-state index contributed by atoms with van der Waals surface area (Å²) in [5.41, 5.74) is 5.17. The van der Waals surface area contributed by atoms with Gasteiger partial charge in [-0.15, -0.1) is 0 Å². The molecule has 2 aliphatic carbocycles. The van der Waals surface area contributed by atoms with Crippen molar-refractivity contribution in [1.82, 2.24) is 0 Å². The maximum atomic E-state index is 3.81. The van der Waals surface area contributed by atoms with Crippen LogP contribution in [0.25, 0.3) is 12.2 Å². The minimum atomic E-state index is 0.640. The van der Waals surface area contributed by atoms with Gasteiger partial charge in [0.2, 0.25) is 0 Å². The van der Waals surface area contributed by atoms with Crippen molar-refractivity contribution in [3.05, 3.63) is 35.4 Å². The molecule has 0 radical (unpaired) electrons. The lowest BCUT2D eigenvalue weighted by Gasteiger charge is -2.21. The molecule has 0 aliphatic heterocycles. The van der Waals surface area contributed by atoms with E-state index in [2.05, 4.69) is 60.9 Å². The number of nitrogens with one attached hydrogen (secondary N) is 2. The Hall–Kier alpha value is -1.70. The molecule has 2 heteroatoms. The van der Waals surface area contributed by atoms with Crippen LogP contribution in [0.1, 0.15) is 76.3 Å². The molecule has 2 fully saturated rings. The highest BCUT2D eigenvalue weighted by Crippen LogP contribution is 2.33.